The second-order valence-electron chi connectivity index (χ2n) is 6.38. The van der Waals surface area contributed by atoms with Gasteiger partial charge in [-0.2, -0.15) is 0 Å². The van der Waals surface area contributed by atoms with Crippen LogP contribution in [-0.2, 0) is 11.2 Å². The Balaban J connectivity index is 2.61. The summed E-state index contributed by atoms with van der Waals surface area (Å²) >= 11 is 0. The van der Waals surface area contributed by atoms with E-state index in [2.05, 4.69) is 64.2 Å². The second-order valence-corrected chi connectivity index (χ2v) is 6.38. The van der Waals surface area contributed by atoms with Crippen LogP contribution in [0, 0.1) is 11.8 Å². The standard InChI is InChI=1S/C18H31NO/c1-6-19-18(13-20-12-15(4)5)17-9-7-16(8-10-17)11-14(2)3/h7-10,14-15,18-19H,6,11-13H2,1-5H3. The molecule has 2 heteroatoms. The highest BCUT2D eigenvalue weighted by molar-refractivity contribution is 5.25. The average Bonchev–Trinajstić information content (AvgIpc) is 2.37. The van der Waals surface area contributed by atoms with Gasteiger partial charge in [-0.25, -0.2) is 0 Å². The number of benzene rings is 1. The Morgan fingerprint density at radius 2 is 1.60 bits per heavy atom. The molecule has 0 saturated heterocycles. The Hall–Kier alpha value is -0.860. The first-order valence-corrected chi connectivity index (χ1v) is 7.92. The third-order valence-corrected chi connectivity index (χ3v) is 3.21. The van der Waals surface area contributed by atoms with Gasteiger partial charge in [0.15, 0.2) is 0 Å². The summed E-state index contributed by atoms with van der Waals surface area (Å²) in [6.07, 6.45) is 1.15. The van der Waals surface area contributed by atoms with Crippen molar-refractivity contribution in [1.29, 1.82) is 0 Å². The van der Waals surface area contributed by atoms with Crippen molar-refractivity contribution in [2.45, 2.75) is 47.1 Å². The van der Waals surface area contributed by atoms with Gasteiger partial charge in [-0.1, -0.05) is 58.9 Å². The number of likely N-dealkylation sites (N-methyl/N-ethyl adjacent to an activating group) is 1. The predicted molar refractivity (Wildman–Crippen MR) is 87.1 cm³/mol. The Bertz CT molecular complexity index is 356. The lowest BCUT2D eigenvalue weighted by atomic mass is 9.99. The van der Waals surface area contributed by atoms with E-state index in [-0.39, 0.29) is 0 Å². The van der Waals surface area contributed by atoms with Crippen LogP contribution >= 0.6 is 0 Å². The van der Waals surface area contributed by atoms with Crippen LogP contribution in [0.3, 0.4) is 0 Å². The lowest BCUT2D eigenvalue weighted by molar-refractivity contribution is 0.0905. The number of rotatable bonds is 9. The minimum Gasteiger partial charge on any atom is -0.379 e. The Labute approximate surface area is 124 Å². The third kappa shape index (κ3) is 6.53. The van der Waals surface area contributed by atoms with Gasteiger partial charge in [-0.05, 0) is 35.9 Å². The quantitative estimate of drug-likeness (QED) is 0.730. The molecular formula is C18H31NO. The van der Waals surface area contributed by atoms with Crippen molar-refractivity contribution in [2.75, 3.05) is 19.8 Å². The molecule has 0 fully saturated rings. The number of nitrogens with one attached hydrogen (secondary N) is 1. The van der Waals surface area contributed by atoms with E-state index < -0.39 is 0 Å². The third-order valence-electron chi connectivity index (χ3n) is 3.21. The zero-order valence-corrected chi connectivity index (χ0v) is 13.8. The fraction of sp³-hybridized carbons (Fsp3) is 0.667. The molecule has 0 aliphatic carbocycles. The van der Waals surface area contributed by atoms with Crippen molar-refractivity contribution < 1.29 is 4.74 Å². The van der Waals surface area contributed by atoms with Gasteiger partial charge < -0.3 is 10.1 Å². The highest BCUT2D eigenvalue weighted by atomic mass is 16.5. The van der Waals surface area contributed by atoms with Crippen LogP contribution in [-0.4, -0.2) is 19.8 Å². The van der Waals surface area contributed by atoms with Gasteiger partial charge in [0.2, 0.25) is 0 Å². The molecular weight excluding hydrogens is 246 g/mol. The van der Waals surface area contributed by atoms with E-state index >= 15 is 0 Å². The summed E-state index contributed by atoms with van der Waals surface area (Å²) in [6.45, 7) is 13.6. The second kappa shape index (κ2) is 9.15. The summed E-state index contributed by atoms with van der Waals surface area (Å²) in [7, 11) is 0. The van der Waals surface area contributed by atoms with E-state index in [9.17, 15) is 0 Å². The van der Waals surface area contributed by atoms with Gasteiger partial charge in [-0.15, -0.1) is 0 Å². The Kier molecular flexibility index (Phi) is 7.86. The summed E-state index contributed by atoms with van der Waals surface area (Å²) in [5.74, 6) is 1.30. The molecule has 0 aliphatic rings. The van der Waals surface area contributed by atoms with Crippen molar-refractivity contribution in [3.05, 3.63) is 35.4 Å². The molecule has 1 N–H and O–H groups in total. The maximum atomic E-state index is 5.80. The molecule has 0 spiro atoms. The summed E-state index contributed by atoms with van der Waals surface area (Å²) in [5.41, 5.74) is 2.74. The van der Waals surface area contributed by atoms with Crippen LogP contribution in [0.1, 0.15) is 51.8 Å². The van der Waals surface area contributed by atoms with Crippen LogP contribution in [0.15, 0.2) is 24.3 Å². The van der Waals surface area contributed by atoms with E-state index in [1.807, 2.05) is 0 Å². The molecule has 0 amide bonds. The molecule has 2 nitrogen and oxygen atoms in total. The molecule has 1 aromatic rings. The molecule has 1 atom stereocenters. The molecule has 1 rings (SSSR count). The molecule has 1 unspecified atom stereocenters. The van der Waals surface area contributed by atoms with Crippen LogP contribution < -0.4 is 5.32 Å². The van der Waals surface area contributed by atoms with Crippen LogP contribution in [0.4, 0.5) is 0 Å². The Morgan fingerprint density at radius 3 is 2.10 bits per heavy atom. The first-order chi connectivity index (χ1) is 9.52. The summed E-state index contributed by atoms with van der Waals surface area (Å²) < 4.78 is 5.80. The molecule has 0 heterocycles. The Morgan fingerprint density at radius 1 is 0.950 bits per heavy atom. The summed E-state index contributed by atoms with van der Waals surface area (Å²) in [4.78, 5) is 0. The van der Waals surface area contributed by atoms with Crippen molar-refractivity contribution in [3.63, 3.8) is 0 Å². The SMILES string of the molecule is CCNC(COCC(C)C)c1ccc(CC(C)C)cc1. The van der Waals surface area contributed by atoms with Gasteiger partial charge in [-0.3, -0.25) is 0 Å². The van der Waals surface area contributed by atoms with Crippen LogP contribution in [0.2, 0.25) is 0 Å². The largest absolute Gasteiger partial charge is 0.379 e. The number of ether oxygens (including phenoxy) is 1. The van der Waals surface area contributed by atoms with Crippen molar-refractivity contribution in [1.82, 2.24) is 5.32 Å². The predicted octanol–water partition coefficient (Wildman–Crippen LogP) is 4.21. The van der Waals surface area contributed by atoms with Gasteiger partial charge >= 0.3 is 0 Å². The number of hydrogen-bond acceptors (Lipinski definition) is 2. The zero-order chi connectivity index (χ0) is 15.0. The molecule has 0 bridgehead atoms. The molecule has 0 saturated carbocycles. The molecule has 1 aromatic carbocycles. The minimum absolute atomic E-state index is 0.298. The molecule has 0 aromatic heterocycles. The van der Waals surface area contributed by atoms with Crippen LogP contribution in [0.5, 0.6) is 0 Å². The zero-order valence-electron chi connectivity index (χ0n) is 13.8. The smallest absolute Gasteiger partial charge is 0.0661 e. The minimum atomic E-state index is 0.298. The normalized spacial score (nSPS) is 13.2. The maximum Gasteiger partial charge on any atom is 0.0661 e. The van der Waals surface area contributed by atoms with Gasteiger partial charge in [0.1, 0.15) is 0 Å². The number of hydrogen-bond donors (Lipinski definition) is 1. The lowest BCUT2D eigenvalue weighted by Gasteiger charge is -2.19. The van der Waals surface area contributed by atoms with Crippen molar-refractivity contribution in [3.8, 4) is 0 Å². The van der Waals surface area contributed by atoms with Crippen molar-refractivity contribution in [2.24, 2.45) is 11.8 Å². The fourth-order valence-corrected chi connectivity index (χ4v) is 2.30. The monoisotopic (exact) mass is 277 g/mol. The average molecular weight is 277 g/mol. The van der Waals surface area contributed by atoms with E-state index in [0.717, 1.165) is 26.2 Å². The maximum absolute atomic E-state index is 5.80. The van der Waals surface area contributed by atoms with E-state index in [1.54, 1.807) is 0 Å². The van der Waals surface area contributed by atoms with Gasteiger partial charge in [0.05, 0.1) is 12.6 Å². The molecule has 0 aliphatic heterocycles. The summed E-state index contributed by atoms with van der Waals surface area (Å²) in [5, 5.41) is 3.51. The molecule has 114 valence electrons. The molecule has 0 radical (unpaired) electrons. The van der Waals surface area contributed by atoms with E-state index in [0.29, 0.717) is 17.9 Å². The van der Waals surface area contributed by atoms with Crippen LogP contribution in [0.25, 0.3) is 0 Å². The van der Waals surface area contributed by atoms with E-state index in [1.165, 1.54) is 11.1 Å². The van der Waals surface area contributed by atoms with Crippen molar-refractivity contribution >= 4 is 0 Å². The lowest BCUT2D eigenvalue weighted by Crippen LogP contribution is -2.26. The first-order valence-electron chi connectivity index (χ1n) is 7.92. The van der Waals surface area contributed by atoms with E-state index in [4.69, 9.17) is 4.74 Å². The topological polar surface area (TPSA) is 21.3 Å². The van der Waals surface area contributed by atoms with Gasteiger partial charge in [0.25, 0.3) is 0 Å². The first kappa shape index (κ1) is 17.2. The highest BCUT2D eigenvalue weighted by Crippen LogP contribution is 2.16. The molecule has 20 heavy (non-hydrogen) atoms. The highest BCUT2D eigenvalue weighted by Gasteiger charge is 2.11. The van der Waals surface area contributed by atoms with Gasteiger partial charge in [0, 0.05) is 6.61 Å². The summed E-state index contributed by atoms with van der Waals surface area (Å²) in [6, 6.07) is 9.28. The fourth-order valence-electron chi connectivity index (χ4n) is 2.30.